The summed E-state index contributed by atoms with van der Waals surface area (Å²) < 4.78 is 13.4. The van der Waals surface area contributed by atoms with Gasteiger partial charge < -0.3 is 10.2 Å². The molecule has 0 aromatic heterocycles. The molecule has 1 N–H and O–H groups in total. The molecule has 0 saturated heterocycles. The fourth-order valence-electron chi connectivity index (χ4n) is 1.58. The number of amides is 1. The van der Waals surface area contributed by atoms with Crippen molar-refractivity contribution in [1.82, 2.24) is 0 Å². The summed E-state index contributed by atoms with van der Waals surface area (Å²) in [4.78, 5) is 16.9. The van der Waals surface area contributed by atoms with E-state index in [9.17, 15) is 9.18 Å². The van der Waals surface area contributed by atoms with Crippen LogP contribution in [0, 0.1) is 5.82 Å². The van der Waals surface area contributed by atoms with Gasteiger partial charge in [-0.1, -0.05) is 41.0 Å². The maximum Gasteiger partial charge on any atom is 0.268 e. The molecule has 0 radical (unpaired) electrons. The Kier molecular flexibility index (Phi) is 5.49. The van der Waals surface area contributed by atoms with Crippen molar-refractivity contribution in [1.29, 1.82) is 0 Å². The minimum atomic E-state index is -0.858. The summed E-state index contributed by atoms with van der Waals surface area (Å²) in [6.45, 7) is 1.52. The third kappa shape index (κ3) is 4.56. The van der Waals surface area contributed by atoms with Crippen molar-refractivity contribution in [2.45, 2.75) is 13.0 Å². The van der Waals surface area contributed by atoms with E-state index in [1.807, 2.05) is 0 Å². The van der Waals surface area contributed by atoms with Crippen LogP contribution in [0.15, 0.2) is 53.7 Å². The van der Waals surface area contributed by atoms with Crippen molar-refractivity contribution in [2.75, 3.05) is 5.32 Å². The number of benzene rings is 2. The highest BCUT2D eigenvalue weighted by molar-refractivity contribution is 6.30. The van der Waals surface area contributed by atoms with Gasteiger partial charge in [-0.3, -0.25) is 4.79 Å². The number of hydrogen-bond acceptors (Lipinski definition) is 3. The van der Waals surface area contributed by atoms with Gasteiger partial charge in [-0.05, 0) is 36.8 Å². The molecule has 0 bridgehead atoms. The molecule has 114 valence electrons. The molecule has 1 amide bonds. The molecule has 0 aliphatic heterocycles. The summed E-state index contributed by atoms with van der Waals surface area (Å²) in [6, 6.07) is 12.9. The lowest BCUT2D eigenvalue weighted by atomic mass is 10.2. The molecule has 0 spiro atoms. The predicted octanol–water partition coefficient (Wildman–Crippen LogP) is 3.86. The van der Waals surface area contributed by atoms with E-state index in [4.69, 9.17) is 16.4 Å². The fourth-order valence-corrected chi connectivity index (χ4v) is 1.70. The van der Waals surface area contributed by atoms with Crippen LogP contribution in [-0.2, 0) is 9.63 Å². The number of nitrogens with zero attached hydrogens (tertiary/aromatic N) is 1. The lowest BCUT2D eigenvalue weighted by molar-refractivity contribution is -0.126. The summed E-state index contributed by atoms with van der Waals surface area (Å²) in [5.41, 5.74) is 0.885. The monoisotopic (exact) mass is 320 g/mol. The highest BCUT2D eigenvalue weighted by atomic mass is 35.5. The molecule has 1 atom stereocenters. The van der Waals surface area contributed by atoms with E-state index in [-0.39, 0.29) is 5.69 Å². The summed E-state index contributed by atoms with van der Waals surface area (Å²) in [6.07, 6.45) is 0.603. The second kappa shape index (κ2) is 7.56. The molecule has 0 unspecified atom stereocenters. The zero-order valence-corrected chi connectivity index (χ0v) is 12.5. The summed E-state index contributed by atoms with van der Waals surface area (Å²) in [5.74, 6) is -0.994. The summed E-state index contributed by atoms with van der Waals surface area (Å²) in [5, 5.41) is 6.79. The molecule has 0 fully saturated rings. The van der Waals surface area contributed by atoms with Crippen LogP contribution >= 0.6 is 11.6 Å². The van der Waals surface area contributed by atoms with Gasteiger partial charge in [0.2, 0.25) is 6.10 Å². The minimum Gasteiger partial charge on any atom is -0.383 e. The molecule has 2 rings (SSSR count). The lowest BCUT2D eigenvalue weighted by Crippen LogP contribution is -2.26. The van der Waals surface area contributed by atoms with E-state index in [2.05, 4.69) is 10.5 Å². The van der Waals surface area contributed by atoms with Crippen molar-refractivity contribution in [3.8, 4) is 0 Å². The quantitative estimate of drug-likeness (QED) is 0.672. The number of anilines is 1. The van der Waals surface area contributed by atoms with Crippen LogP contribution in [0.3, 0.4) is 0 Å². The molecular formula is C16H14ClFN2O2. The van der Waals surface area contributed by atoms with Crippen LogP contribution in [0.1, 0.15) is 12.5 Å². The van der Waals surface area contributed by atoms with E-state index in [1.54, 1.807) is 36.4 Å². The molecule has 2 aromatic carbocycles. The van der Waals surface area contributed by atoms with Gasteiger partial charge in [-0.2, -0.15) is 0 Å². The Balaban J connectivity index is 1.89. The van der Waals surface area contributed by atoms with Crippen LogP contribution in [0.5, 0.6) is 0 Å². The third-order valence-electron chi connectivity index (χ3n) is 2.79. The number of oxime groups is 1. The van der Waals surface area contributed by atoms with Gasteiger partial charge in [-0.15, -0.1) is 0 Å². The zero-order valence-electron chi connectivity index (χ0n) is 11.8. The van der Waals surface area contributed by atoms with Gasteiger partial charge in [0.15, 0.2) is 0 Å². The Morgan fingerprint density at radius 3 is 2.64 bits per heavy atom. The van der Waals surface area contributed by atoms with E-state index < -0.39 is 17.8 Å². The smallest absolute Gasteiger partial charge is 0.268 e. The predicted molar refractivity (Wildman–Crippen MR) is 84.6 cm³/mol. The largest absolute Gasteiger partial charge is 0.383 e. The van der Waals surface area contributed by atoms with E-state index in [0.29, 0.717) is 5.02 Å². The molecule has 4 nitrogen and oxygen atoms in total. The number of halogens is 2. The van der Waals surface area contributed by atoms with Crippen LogP contribution in [0.4, 0.5) is 10.1 Å². The number of rotatable bonds is 5. The highest BCUT2D eigenvalue weighted by Gasteiger charge is 2.15. The van der Waals surface area contributed by atoms with Crippen LogP contribution < -0.4 is 5.32 Å². The first-order valence-electron chi connectivity index (χ1n) is 6.56. The Labute approximate surface area is 132 Å². The van der Waals surface area contributed by atoms with Crippen molar-refractivity contribution in [3.05, 3.63) is 64.9 Å². The number of carbonyl (C=O) groups is 1. The Bertz CT molecular complexity index is 674. The van der Waals surface area contributed by atoms with Crippen LogP contribution in [0.2, 0.25) is 5.02 Å². The Hall–Kier alpha value is -2.40. The van der Waals surface area contributed by atoms with Gasteiger partial charge in [0.05, 0.1) is 11.9 Å². The molecule has 6 heteroatoms. The standard InChI is InChI=1S/C16H14ClFN2O2/c1-11(16(21)20-15-5-3-2-4-14(15)18)22-19-10-12-6-8-13(17)9-7-12/h2-11H,1H3,(H,20,21)/b19-10-/t11-/m0/s1. The normalized spacial score (nSPS) is 12.1. The lowest BCUT2D eigenvalue weighted by Gasteiger charge is -2.10. The maximum atomic E-state index is 13.4. The Morgan fingerprint density at radius 1 is 1.27 bits per heavy atom. The summed E-state index contributed by atoms with van der Waals surface area (Å²) in [7, 11) is 0. The highest BCUT2D eigenvalue weighted by Crippen LogP contribution is 2.13. The molecule has 0 aliphatic rings. The van der Waals surface area contributed by atoms with E-state index in [1.165, 1.54) is 25.3 Å². The molecule has 2 aromatic rings. The van der Waals surface area contributed by atoms with E-state index in [0.717, 1.165) is 5.56 Å². The SMILES string of the molecule is C[C@H](O/N=C\c1ccc(Cl)cc1)C(=O)Nc1ccccc1F. The minimum absolute atomic E-state index is 0.102. The van der Waals surface area contributed by atoms with Gasteiger partial charge in [0, 0.05) is 5.02 Å². The topological polar surface area (TPSA) is 50.7 Å². The average molecular weight is 321 g/mol. The van der Waals surface area contributed by atoms with Crippen molar-refractivity contribution in [3.63, 3.8) is 0 Å². The molecule has 0 heterocycles. The average Bonchev–Trinajstić information content (AvgIpc) is 2.51. The fraction of sp³-hybridized carbons (Fsp3) is 0.125. The first-order chi connectivity index (χ1) is 10.6. The van der Waals surface area contributed by atoms with Gasteiger partial charge in [0.1, 0.15) is 5.82 Å². The number of para-hydroxylation sites is 1. The number of carbonyl (C=O) groups excluding carboxylic acids is 1. The van der Waals surface area contributed by atoms with Crippen LogP contribution in [-0.4, -0.2) is 18.2 Å². The van der Waals surface area contributed by atoms with Crippen molar-refractivity contribution < 1.29 is 14.0 Å². The van der Waals surface area contributed by atoms with Gasteiger partial charge >= 0.3 is 0 Å². The Morgan fingerprint density at radius 2 is 1.95 bits per heavy atom. The summed E-state index contributed by atoms with van der Waals surface area (Å²) >= 11 is 5.77. The van der Waals surface area contributed by atoms with Crippen molar-refractivity contribution in [2.24, 2.45) is 5.16 Å². The second-order valence-corrected chi connectivity index (χ2v) is 4.94. The van der Waals surface area contributed by atoms with Gasteiger partial charge in [-0.25, -0.2) is 4.39 Å². The number of hydrogen-bond donors (Lipinski definition) is 1. The molecular weight excluding hydrogens is 307 g/mol. The van der Waals surface area contributed by atoms with Gasteiger partial charge in [0.25, 0.3) is 5.91 Å². The first kappa shape index (κ1) is 16.0. The second-order valence-electron chi connectivity index (χ2n) is 4.50. The first-order valence-corrected chi connectivity index (χ1v) is 6.94. The zero-order chi connectivity index (χ0) is 15.9. The third-order valence-corrected chi connectivity index (χ3v) is 3.04. The maximum absolute atomic E-state index is 13.4. The van der Waals surface area contributed by atoms with Crippen molar-refractivity contribution >= 4 is 29.4 Å². The molecule has 0 saturated carbocycles. The van der Waals surface area contributed by atoms with Crippen LogP contribution in [0.25, 0.3) is 0 Å². The number of nitrogens with one attached hydrogen (secondary N) is 1. The van der Waals surface area contributed by atoms with E-state index >= 15 is 0 Å². The molecule has 0 aliphatic carbocycles. The molecule has 22 heavy (non-hydrogen) atoms.